The monoisotopic (exact) mass is 351 g/mol. The first-order valence-electron chi connectivity index (χ1n) is 8.35. The Labute approximate surface area is 152 Å². The zero-order chi connectivity index (χ0) is 17.5. The third-order valence-corrected chi connectivity index (χ3v) is 4.90. The van der Waals surface area contributed by atoms with Gasteiger partial charge in [0.25, 0.3) is 5.91 Å². The van der Waals surface area contributed by atoms with Gasteiger partial charge in [-0.25, -0.2) is 0 Å². The molecule has 4 heteroatoms. The van der Waals surface area contributed by atoms with E-state index in [2.05, 4.69) is 36.5 Å². The highest BCUT2D eigenvalue weighted by Crippen LogP contribution is 2.26. The smallest absolute Gasteiger partial charge is 0.258 e. The van der Waals surface area contributed by atoms with Gasteiger partial charge < -0.3 is 10.1 Å². The highest BCUT2D eigenvalue weighted by atomic mass is 32.1. The number of nitrogens with one attached hydrogen (secondary N) is 1. The van der Waals surface area contributed by atoms with Crippen molar-refractivity contribution in [3.63, 3.8) is 0 Å². The Balaban J connectivity index is 1.70. The third-order valence-electron chi connectivity index (χ3n) is 3.97. The lowest BCUT2D eigenvalue weighted by atomic mass is 10.0. The number of benzene rings is 2. The van der Waals surface area contributed by atoms with Crippen molar-refractivity contribution in [2.45, 2.75) is 19.4 Å². The average molecular weight is 351 g/mol. The van der Waals surface area contributed by atoms with Crippen LogP contribution in [0.1, 0.15) is 29.0 Å². The summed E-state index contributed by atoms with van der Waals surface area (Å²) in [6, 6.07) is 21.7. The van der Waals surface area contributed by atoms with Gasteiger partial charge in [-0.15, -0.1) is 11.3 Å². The predicted molar refractivity (Wildman–Crippen MR) is 102 cm³/mol. The molecule has 1 heterocycles. The molecule has 0 saturated carbocycles. The second-order valence-corrected chi connectivity index (χ2v) is 6.69. The molecular weight excluding hydrogens is 330 g/mol. The summed E-state index contributed by atoms with van der Waals surface area (Å²) in [5, 5.41) is 5.11. The number of para-hydroxylation sites is 1. The minimum absolute atomic E-state index is 0.00106. The topological polar surface area (TPSA) is 38.3 Å². The van der Waals surface area contributed by atoms with Gasteiger partial charge in [0, 0.05) is 4.88 Å². The Morgan fingerprint density at radius 3 is 2.44 bits per heavy atom. The predicted octanol–water partition coefficient (Wildman–Crippen LogP) is 4.60. The molecule has 0 saturated heterocycles. The van der Waals surface area contributed by atoms with Crippen molar-refractivity contribution in [2.75, 3.05) is 6.61 Å². The Hall–Kier alpha value is -2.59. The molecule has 0 aliphatic rings. The van der Waals surface area contributed by atoms with Gasteiger partial charge in [-0.3, -0.25) is 4.79 Å². The van der Waals surface area contributed by atoms with Crippen LogP contribution >= 0.6 is 11.3 Å². The summed E-state index contributed by atoms with van der Waals surface area (Å²) in [5.41, 5.74) is 2.36. The standard InChI is InChI=1S/C21H21NO2S/c1-2-16-10-12-17(13-11-16)21(19-9-6-14-25-19)22-20(23)15-24-18-7-4-3-5-8-18/h3-14,21H,2,15H2,1H3,(H,22,23). The summed E-state index contributed by atoms with van der Waals surface area (Å²) in [6.07, 6.45) is 1.00. The van der Waals surface area contributed by atoms with Crippen LogP contribution < -0.4 is 10.1 Å². The Bertz CT molecular complexity index is 783. The molecule has 2 aromatic carbocycles. The number of ether oxygens (including phenoxy) is 1. The first-order valence-corrected chi connectivity index (χ1v) is 9.23. The van der Waals surface area contributed by atoms with Crippen LogP contribution in [0.15, 0.2) is 72.1 Å². The van der Waals surface area contributed by atoms with E-state index >= 15 is 0 Å². The van der Waals surface area contributed by atoms with E-state index in [1.54, 1.807) is 11.3 Å². The largest absolute Gasteiger partial charge is 0.484 e. The fourth-order valence-electron chi connectivity index (χ4n) is 2.59. The maximum Gasteiger partial charge on any atom is 0.258 e. The number of carbonyl (C=O) groups is 1. The molecule has 1 N–H and O–H groups in total. The number of carbonyl (C=O) groups excluding carboxylic acids is 1. The van der Waals surface area contributed by atoms with Gasteiger partial charge in [-0.2, -0.15) is 0 Å². The van der Waals surface area contributed by atoms with Crippen molar-refractivity contribution in [1.29, 1.82) is 0 Å². The highest BCUT2D eigenvalue weighted by Gasteiger charge is 2.18. The number of hydrogen-bond acceptors (Lipinski definition) is 3. The number of amides is 1. The summed E-state index contributed by atoms with van der Waals surface area (Å²) in [6.45, 7) is 2.13. The molecule has 0 spiro atoms. The van der Waals surface area contributed by atoms with Crippen molar-refractivity contribution in [3.05, 3.63) is 88.1 Å². The molecule has 1 unspecified atom stereocenters. The van der Waals surface area contributed by atoms with Gasteiger partial charge in [-0.05, 0) is 41.1 Å². The van der Waals surface area contributed by atoms with Crippen molar-refractivity contribution in [1.82, 2.24) is 5.32 Å². The van der Waals surface area contributed by atoms with E-state index in [-0.39, 0.29) is 18.6 Å². The molecule has 1 amide bonds. The van der Waals surface area contributed by atoms with E-state index in [1.807, 2.05) is 47.8 Å². The molecule has 1 aromatic heterocycles. The lowest BCUT2D eigenvalue weighted by Gasteiger charge is -2.18. The zero-order valence-corrected chi connectivity index (χ0v) is 15.0. The van der Waals surface area contributed by atoms with E-state index in [0.29, 0.717) is 5.75 Å². The van der Waals surface area contributed by atoms with Crippen molar-refractivity contribution < 1.29 is 9.53 Å². The van der Waals surface area contributed by atoms with Gasteiger partial charge in [0.1, 0.15) is 5.75 Å². The third kappa shape index (κ3) is 4.70. The summed E-state index contributed by atoms with van der Waals surface area (Å²) in [4.78, 5) is 13.5. The number of hydrogen-bond donors (Lipinski definition) is 1. The van der Waals surface area contributed by atoms with E-state index in [0.717, 1.165) is 16.9 Å². The molecule has 1 atom stereocenters. The Kier molecular flexibility index (Phi) is 5.86. The summed E-state index contributed by atoms with van der Waals surface area (Å²) in [5.74, 6) is 0.555. The molecule has 3 nitrogen and oxygen atoms in total. The van der Waals surface area contributed by atoms with Gasteiger partial charge in [0.05, 0.1) is 6.04 Å². The van der Waals surface area contributed by atoms with Crippen LogP contribution in [0.25, 0.3) is 0 Å². The molecule has 0 aliphatic heterocycles. The molecule has 0 radical (unpaired) electrons. The van der Waals surface area contributed by atoms with Crippen LogP contribution in [0.3, 0.4) is 0 Å². The first kappa shape index (κ1) is 17.2. The van der Waals surface area contributed by atoms with Crippen LogP contribution in [-0.2, 0) is 11.2 Å². The van der Waals surface area contributed by atoms with E-state index < -0.39 is 0 Å². The maximum atomic E-state index is 12.4. The lowest BCUT2D eigenvalue weighted by Crippen LogP contribution is -2.32. The summed E-state index contributed by atoms with van der Waals surface area (Å²) < 4.78 is 5.55. The fraction of sp³-hybridized carbons (Fsp3) is 0.190. The van der Waals surface area contributed by atoms with Crippen molar-refractivity contribution in [2.24, 2.45) is 0 Å². The van der Waals surface area contributed by atoms with Crippen LogP contribution in [-0.4, -0.2) is 12.5 Å². The normalized spacial score (nSPS) is 11.7. The quantitative estimate of drug-likeness (QED) is 0.676. The van der Waals surface area contributed by atoms with Gasteiger partial charge in [-0.1, -0.05) is 55.5 Å². The highest BCUT2D eigenvalue weighted by molar-refractivity contribution is 7.10. The average Bonchev–Trinajstić information content (AvgIpc) is 3.20. The SMILES string of the molecule is CCc1ccc(C(NC(=O)COc2ccccc2)c2cccs2)cc1. The Morgan fingerprint density at radius 1 is 1.04 bits per heavy atom. The van der Waals surface area contributed by atoms with Crippen LogP contribution in [0.4, 0.5) is 0 Å². The van der Waals surface area contributed by atoms with Gasteiger partial charge >= 0.3 is 0 Å². The summed E-state index contributed by atoms with van der Waals surface area (Å²) >= 11 is 1.64. The second kappa shape index (κ2) is 8.49. The Morgan fingerprint density at radius 2 is 1.80 bits per heavy atom. The zero-order valence-electron chi connectivity index (χ0n) is 14.1. The summed E-state index contributed by atoms with van der Waals surface area (Å²) in [7, 11) is 0. The number of rotatable bonds is 7. The molecule has 3 rings (SSSR count). The van der Waals surface area contributed by atoms with Gasteiger partial charge in [0.15, 0.2) is 6.61 Å². The molecule has 0 bridgehead atoms. The molecule has 0 aliphatic carbocycles. The first-order chi connectivity index (χ1) is 12.3. The number of aryl methyl sites for hydroxylation is 1. The molecule has 3 aromatic rings. The van der Waals surface area contributed by atoms with E-state index in [1.165, 1.54) is 5.56 Å². The van der Waals surface area contributed by atoms with Crippen LogP contribution in [0, 0.1) is 0 Å². The van der Waals surface area contributed by atoms with Crippen LogP contribution in [0.5, 0.6) is 5.75 Å². The molecular formula is C21H21NO2S. The van der Waals surface area contributed by atoms with Crippen molar-refractivity contribution >= 4 is 17.2 Å². The minimum Gasteiger partial charge on any atom is -0.484 e. The van der Waals surface area contributed by atoms with Crippen molar-refractivity contribution in [3.8, 4) is 5.75 Å². The molecule has 128 valence electrons. The van der Waals surface area contributed by atoms with Crippen LogP contribution in [0.2, 0.25) is 0 Å². The fourth-order valence-corrected chi connectivity index (χ4v) is 3.39. The minimum atomic E-state index is -0.155. The van der Waals surface area contributed by atoms with E-state index in [9.17, 15) is 4.79 Å². The second-order valence-electron chi connectivity index (χ2n) is 5.71. The molecule has 25 heavy (non-hydrogen) atoms. The number of thiophene rings is 1. The van der Waals surface area contributed by atoms with E-state index in [4.69, 9.17) is 4.74 Å². The lowest BCUT2D eigenvalue weighted by molar-refractivity contribution is -0.123. The van der Waals surface area contributed by atoms with Gasteiger partial charge in [0.2, 0.25) is 0 Å². The molecule has 0 fully saturated rings. The maximum absolute atomic E-state index is 12.4.